The Kier molecular flexibility index (Phi) is 6.62. The van der Waals surface area contributed by atoms with Gasteiger partial charge < -0.3 is 5.32 Å². The molecule has 11 heavy (non-hydrogen) atoms. The third kappa shape index (κ3) is 5.24. The average Bonchev–Trinajstić information content (AvgIpc) is 1.97. The van der Waals surface area contributed by atoms with Crippen molar-refractivity contribution in [3.05, 3.63) is 0 Å². The van der Waals surface area contributed by atoms with Crippen LogP contribution in [0.1, 0.15) is 27.2 Å². The first-order valence-corrected chi connectivity index (χ1v) is 4.74. The fourth-order valence-corrected chi connectivity index (χ4v) is 1.02. The Morgan fingerprint density at radius 1 is 1.45 bits per heavy atom. The maximum atomic E-state index is 3.38. The lowest BCUT2D eigenvalue weighted by atomic mass is 10.1. The molecule has 2 unspecified atom stereocenters. The van der Waals surface area contributed by atoms with Gasteiger partial charge in [-0.05, 0) is 18.9 Å². The van der Waals surface area contributed by atoms with Gasteiger partial charge in [0.05, 0.1) is 6.04 Å². The molecular formula is C9H18NP. The smallest absolute Gasteiger partial charge is 0.0716 e. The molecule has 0 amide bonds. The summed E-state index contributed by atoms with van der Waals surface area (Å²) in [5.41, 5.74) is 2.86. The first kappa shape index (κ1) is 11.0. The number of nitrogens with one attached hydrogen (secondary N) is 1. The Balaban J connectivity index is 3.76. The van der Waals surface area contributed by atoms with Crippen molar-refractivity contribution >= 4 is 9.24 Å². The van der Waals surface area contributed by atoms with Crippen LogP contribution in [0, 0.1) is 17.5 Å². The molecule has 2 heteroatoms. The molecule has 0 bridgehead atoms. The van der Waals surface area contributed by atoms with E-state index in [0.29, 0.717) is 12.0 Å². The van der Waals surface area contributed by atoms with Crippen LogP contribution in [-0.2, 0) is 0 Å². The van der Waals surface area contributed by atoms with Crippen LogP contribution in [0.4, 0.5) is 0 Å². The normalized spacial score (nSPS) is 12.5. The molecule has 0 fully saturated rings. The Morgan fingerprint density at radius 3 is 2.45 bits per heavy atom. The van der Waals surface area contributed by atoms with Gasteiger partial charge in [-0.2, -0.15) is 0 Å². The lowest BCUT2D eigenvalue weighted by Crippen LogP contribution is -2.32. The van der Waals surface area contributed by atoms with E-state index in [1.165, 1.54) is 6.42 Å². The van der Waals surface area contributed by atoms with Crippen molar-refractivity contribution in [2.45, 2.75) is 33.2 Å². The number of hydrogen-bond acceptors (Lipinski definition) is 1. The molecule has 0 rings (SSSR count). The summed E-state index contributed by atoms with van der Waals surface area (Å²) in [6.07, 6.45) is 1.17. The van der Waals surface area contributed by atoms with Crippen LogP contribution in [0.25, 0.3) is 0 Å². The summed E-state index contributed by atoms with van der Waals surface area (Å²) in [5, 5.41) is 3.38. The molecule has 0 aliphatic carbocycles. The summed E-state index contributed by atoms with van der Waals surface area (Å²) in [7, 11) is 2.43. The van der Waals surface area contributed by atoms with Crippen molar-refractivity contribution in [1.82, 2.24) is 5.32 Å². The van der Waals surface area contributed by atoms with Crippen molar-refractivity contribution in [2.24, 2.45) is 5.92 Å². The lowest BCUT2D eigenvalue weighted by Gasteiger charge is -2.15. The van der Waals surface area contributed by atoms with Gasteiger partial charge in [-0.3, -0.25) is 0 Å². The van der Waals surface area contributed by atoms with Gasteiger partial charge in [-0.25, -0.2) is 0 Å². The van der Waals surface area contributed by atoms with Crippen LogP contribution in [0.2, 0.25) is 0 Å². The largest absolute Gasteiger partial charge is 0.303 e. The zero-order chi connectivity index (χ0) is 8.69. The van der Waals surface area contributed by atoms with Crippen LogP contribution in [0.3, 0.4) is 0 Å². The predicted octanol–water partition coefficient (Wildman–Crippen LogP) is 1.85. The van der Waals surface area contributed by atoms with E-state index in [-0.39, 0.29) is 0 Å². The highest BCUT2D eigenvalue weighted by molar-refractivity contribution is 7.23. The molecule has 0 aromatic rings. The van der Waals surface area contributed by atoms with Gasteiger partial charge in [-0.15, -0.1) is 0 Å². The molecule has 0 saturated heterocycles. The predicted molar refractivity (Wildman–Crippen MR) is 54.4 cm³/mol. The molecule has 0 spiro atoms. The van der Waals surface area contributed by atoms with Crippen LogP contribution < -0.4 is 5.32 Å². The van der Waals surface area contributed by atoms with E-state index in [2.05, 4.69) is 46.9 Å². The van der Waals surface area contributed by atoms with E-state index < -0.39 is 0 Å². The van der Waals surface area contributed by atoms with Gasteiger partial charge in [0.1, 0.15) is 0 Å². The Bertz CT molecular complexity index is 143. The van der Waals surface area contributed by atoms with Crippen LogP contribution >= 0.6 is 9.24 Å². The van der Waals surface area contributed by atoms with Gasteiger partial charge in [0, 0.05) is 0 Å². The minimum absolute atomic E-state index is 0.354. The monoisotopic (exact) mass is 171 g/mol. The summed E-state index contributed by atoms with van der Waals surface area (Å²) in [6.45, 7) is 7.59. The lowest BCUT2D eigenvalue weighted by molar-refractivity contribution is 0.476. The van der Waals surface area contributed by atoms with Crippen LogP contribution in [0.15, 0.2) is 0 Å². The second-order valence-electron chi connectivity index (χ2n) is 2.96. The van der Waals surface area contributed by atoms with E-state index in [9.17, 15) is 0 Å². The Morgan fingerprint density at radius 2 is 2.09 bits per heavy atom. The van der Waals surface area contributed by atoms with Gasteiger partial charge >= 0.3 is 0 Å². The molecule has 1 N–H and O–H groups in total. The summed E-state index contributed by atoms with van der Waals surface area (Å²) in [5.74, 6) is 3.71. The van der Waals surface area contributed by atoms with E-state index in [0.717, 1.165) is 6.54 Å². The van der Waals surface area contributed by atoms with Crippen LogP contribution in [-0.4, -0.2) is 12.6 Å². The Hall–Kier alpha value is -0.0500. The van der Waals surface area contributed by atoms with E-state index in [1.807, 2.05) is 0 Å². The topological polar surface area (TPSA) is 12.0 Å². The molecule has 0 saturated carbocycles. The zero-order valence-corrected chi connectivity index (χ0v) is 8.80. The molecule has 0 radical (unpaired) electrons. The fraction of sp³-hybridized carbons (Fsp3) is 0.778. The molecular weight excluding hydrogens is 153 g/mol. The van der Waals surface area contributed by atoms with E-state index >= 15 is 0 Å². The average molecular weight is 171 g/mol. The fourth-order valence-electron chi connectivity index (χ4n) is 0.843. The molecule has 0 aliphatic heterocycles. The molecule has 0 aromatic carbocycles. The van der Waals surface area contributed by atoms with Crippen molar-refractivity contribution < 1.29 is 0 Å². The maximum absolute atomic E-state index is 3.38. The van der Waals surface area contributed by atoms with Crippen molar-refractivity contribution in [1.29, 1.82) is 0 Å². The van der Waals surface area contributed by atoms with Crippen molar-refractivity contribution in [2.75, 3.05) is 6.54 Å². The van der Waals surface area contributed by atoms with Crippen LogP contribution in [0.5, 0.6) is 0 Å². The second-order valence-corrected chi connectivity index (χ2v) is 3.25. The van der Waals surface area contributed by atoms with Gasteiger partial charge in [-0.1, -0.05) is 41.6 Å². The number of rotatable bonds is 4. The van der Waals surface area contributed by atoms with E-state index in [4.69, 9.17) is 0 Å². The molecule has 2 atom stereocenters. The molecule has 64 valence electrons. The first-order valence-electron chi connectivity index (χ1n) is 4.16. The highest BCUT2D eigenvalue weighted by atomic mass is 31.0. The van der Waals surface area contributed by atoms with Crippen molar-refractivity contribution in [3.8, 4) is 11.6 Å². The Labute approximate surface area is 72.5 Å². The van der Waals surface area contributed by atoms with E-state index in [1.54, 1.807) is 0 Å². The minimum atomic E-state index is 0.354. The number of hydrogen-bond donors (Lipinski definition) is 1. The maximum Gasteiger partial charge on any atom is 0.0716 e. The highest BCUT2D eigenvalue weighted by Crippen LogP contribution is 2.00. The summed E-state index contributed by atoms with van der Waals surface area (Å²) < 4.78 is 0. The van der Waals surface area contributed by atoms with Gasteiger partial charge in [0.25, 0.3) is 0 Å². The quantitative estimate of drug-likeness (QED) is 0.503. The molecule has 0 heterocycles. The minimum Gasteiger partial charge on any atom is -0.303 e. The van der Waals surface area contributed by atoms with Gasteiger partial charge in [0.15, 0.2) is 0 Å². The molecule has 0 aromatic heterocycles. The standard InChI is InChI=1S/C9H18NP/c1-4-6-10-9(5-7-11)8(2)3/h8-10H,4,6,11H2,1-3H3. The zero-order valence-electron chi connectivity index (χ0n) is 7.65. The third-order valence-corrected chi connectivity index (χ3v) is 1.69. The summed E-state index contributed by atoms with van der Waals surface area (Å²) >= 11 is 0. The summed E-state index contributed by atoms with van der Waals surface area (Å²) in [6, 6.07) is 0.354. The molecule has 0 aliphatic rings. The SMILES string of the molecule is CCCNC(C#CP)C(C)C. The summed E-state index contributed by atoms with van der Waals surface area (Å²) in [4.78, 5) is 0. The van der Waals surface area contributed by atoms with Crippen molar-refractivity contribution in [3.63, 3.8) is 0 Å². The highest BCUT2D eigenvalue weighted by Gasteiger charge is 2.07. The second kappa shape index (κ2) is 6.65. The first-order chi connectivity index (χ1) is 5.22. The molecule has 1 nitrogen and oxygen atoms in total. The van der Waals surface area contributed by atoms with Gasteiger partial charge in [0.2, 0.25) is 0 Å². The third-order valence-electron chi connectivity index (χ3n) is 1.52.